The summed E-state index contributed by atoms with van der Waals surface area (Å²) in [5, 5.41) is 0. The molecule has 2 aliphatic carbocycles. The van der Waals surface area contributed by atoms with Crippen LogP contribution in [-0.2, 0) is 0 Å². The Hall–Kier alpha value is -0.520. The van der Waals surface area contributed by atoms with Crippen LogP contribution in [0.3, 0.4) is 0 Å². The minimum absolute atomic E-state index is 0. The molecule has 0 amide bonds. The SMILES string of the molecule is CC1C=CCCCC2CCC=CC12.[CH2]. The zero-order chi connectivity index (χ0) is 9.10. The van der Waals surface area contributed by atoms with Gasteiger partial charge in [-0.25, -0.2) is 0 Å². The summed E-state index contributed by atoms with van der Waals surface area (Å²) in [5.74, 6) is 2.58. The first-order chi connectivity index (χ1) is 6.38. The third-order valence-corrected chi connectivity index (χ3v) is 3.60. The van der Waals surface area contributed by atoms with E-state index in [-0.39, 0.29) is 7.43 Å². The van der Waals surface area contributed by atoms with E-state index in [9.17, 15) is 0 Å². The van der Waals surface area contributed by atoms with Crippen LogP contribution >= 0.6 is 0 Å². The molecule has 0 aromatic rings. The average molecular weight is 190 g/mol. The smallest absolute Gasteiger partial charge is 0.0145 e. The minimum atomic E-state index is 0. The van der Waals surface area contributed by atoms with Crippen molar-refractivity contribution >= 4 is 0 Å². The summed E-state index contributed by atoms with van der Waals surface area (Å²) >= 11 is 0. The summed E-state index contributed by atoms with van der Waals surface area (Å²) in [7, 11) is 0. The van der Waals surface area contributed by atoms with Gasteiger partial charge in [0.15, 0.2) is 0 Å². The van der Waals surface area contributed by atoms with Gasteiger partial charge in [0.2, 0.25) is 0 Å². The molecule has 2 rings (SSSR count). The van der Waals surface area contributed by atoms with Crippen molar-refractivity contribution in [1.82, 2.24) is 0 Å². The molecule has 0 aliphatic heterocycles. The summed E-state index contributed by atoms with van der Waals surface area (Å²) in [6.45, 7) is 2.37. The second-order valence-electron chi connectivity index (χ2n) is 4.56. The first-order valence-corrected chi connectivity index (χ1v) is 5.71. The van der Waals surface area contributed by atoms with E-state index in [2.05, 4.69) is 31.2 Å². The van der Waals surface area contributed by atoms with Crippen molar-refractivity contribution < 1.29 is 0 Å². The summed E-state index contributed by atoms with van der Waals surface area (Å²) in [4.78, 5) is 0. The van der Waals surface area contributed by atoms with Crippen molar-refractivity contribution in [2.24, 2.45) is 17.8 Å². The predicted molar refractivity (Wildman–Crippen MR) is 62.9 cm³/mol. The number of hydrogen-bond acceptors (Lipinski definition) is 0. The van der Waals surface area contributed by atoms with Crippen LogP contribution in [0, 0.1) is 25.2 Å². The molecule has 0 aromatic heterocycles. The molecule has 3 unspecified atom stereocenters. The highest BCUT2D eigenvalue weighted by molar-refractivity contribution is 5.04. The predicted octanol–water partition coefficient (Wildman–Crippen LogP) is 4.27. The molecule has 0 nitrogen and oxygen atoms in total. The van der Waals surface area contributed by atoms with E-state index in [4.69, 9.17) is 0 Å². The van der Waals surface area contributed by atoms with Gasteiger partial charge in [-0.2, -0.15) is 0 Å². The van der Waals surface area contributed by atoms with Gasteiger partial charge in [0.1, 0.15) is 0 Å². The maximum absolute atomic E-state index is 2.47. The van der Waals surface area contributed by atoms with Gasteiger partial charge in [0.25, 0.3) is 0 Å². The molecule has 0 heteroatoms. The Balaban J connectivity index is 0.000000980. The van der Waals surface area contributed by atoms with Gasteiger partial charge >= 0.3 is 0 Å². The van der Waals surface area contributed by atoms with Gasteiger partial charge in [-0.15, -0.1) is 0 Å². The van der Waals surface area contributed by atoms with Crippen LogP contribution in [0.1, 0.15) is 39.0 Å². The molecular formula is C14H22. The summed E-state index contributed by atoms with van der Waals surface area (Å²) < 4.78 is 0. The average Bonchev–Trinajstić information content (AvgIpc) is 2.14. The number of allylic oxidation sites excluding steroid dienone is 4. The van der Waals surface area contributed by atoms with Crippen LogP contribution in [0.2, 0.25) is 0 Å². The summed E-state index contributed by atoms with van der Waals surface area (Å²) in [5.41, 5.74) is 0. The molecular weight excluding hydrogens is 168 g/mol. The zero-order valence-corrected chi connectivity index (χ0v) is 9.28. The van der Waals surface area contributed by atoms with Gasteiger partial charge < -0.3 is 0 Å². The van der Waals surface area contributed by atoms with E-state index < -0.39 is 0 Å². The molecule has 14 heavy (non-hydrogen) atoms. The Morgan fingerprint density at radius 3 is 2.64 bits per heavy atom. The highest BCUT2D eigenvalue weighted by atomic mass is 14.3. The lowest BCUT2D eigenvalue weighted by Gasteiger charge is -2.32. The largest absolute Gasteiger partial charge is 0.0882 e. The fourth-order valence-corrected chi connectivity index (χ4v) is 2.79. The van der Waals surface area contributed by atoms with Crippen molar-refractivity contribution in [3.63, 3.8) is 0 Å². The van der Waals surface area contributed by atoms with Gasteiger partial charge in [-0.05, 0) is 49.9 Å². The topological polar surface area (TPSA) is 0 Å². The lowest BCUT2D eigenvalue weighted by Crippen LogP contribution is -2.22. The van der Waals surface area contributed by atoms with Gasteiger partial charge in [-0.3, -0.25) is 0 Å². The second kappa shape index (κ2) is 5.38. The Labute approximate surface area is 89.1 Å². The highest BCUT2D eigenvalue weighted by Crippen LogP contribution is 2.36. The highest BCUT2D eigenvalue weighted by Gasteiger charge is 2.25. The molecule has 78 valence electrons. The molecule has 0 saturated heterocycles. The van der Waals surface area contributed by atoms with Crippen LogP contribution in [0.15, 0.2) is 24.3 Å². The standard InChI is InChI=1S/C13H20.CH2/c1-11-7-3-2-4-8-12-9-5-6-10-13(11)12;/h3,6-7,10-13H,2,4-5,8-9H2,1H3;1H2. The molecule has 2 radical (unpaired) electrons. The van der Waals surface area contributed by atoms with Crippen LogP contribution in [0.25, 0.3) is 0 Å². The van der Waals surface area contributed by atoms with E-state index in [1.165, 1.54) is 32.1 Å². The Morgan fingerprint density at radius 1 is 1.00 bits per heavy atom. The summed E-state index contributed by atoms with van der Waals surface area (Å²) in [6.07, 6.45) is 16.5. The molecule has 0 fully saturated rings. The van der Waals surface area contributed by atoms with Crippen LogP contribution in [-0.4, -0.2) is 0 Å². The fourth-order valence-electron chi connectivity index (χ4n) is 2.79. The van der Waals surface area contributed by atoms with E-state index in [0.717, 1.165) is 17.8 Å². The van der Waals surface area contributed by atoms with E-state index in [1.54, 1.807) is 0 Å². The summed E-state index contributed by atoms with van der Waals surface area (Å²) in [6, 6.07) is 0. The number of fused-ring (bicyclic) bond motifs is 1. The zero-order valence-electron chi connectivity index (χ0n) is 9.28. The van der Waals surface area contributed by atoms with E-state index >= 15 is 0 Å². The molecule has 0 spiro atoms. The Morgan fingerprint density at radius 2 is 1.79 bits per heavy atom. The monoisotopic (exact) mass is 190 g/mol. The lowest BCUT2D eigenvalue weighted by atomic mass is 9.73. The van der Waals surface area contributed by atoms with Crippen LogP contribution in [0.5, 0.6) is 0 Å². The van der Waals surface area contributed by atoms with Crippen molar-refractivity contribution in [1.29, 1.82) is 0 Å². The normalized spacial score (nSPS) is 36.5. The van der Waals surface area contributed by atoms with Crippen molar-refractivity contribution in [3.8, 4) is 0 Å². The van der Waals surface area contributed by atoms with Crippen LogP contribution in [0.4, 0.5) is 0 Å². The van der Waals surface area contributed by atoms with E-state index in [1.807, 2.05) is 0 Å². The first kappa shape index (κ1) is 11.6. The molecule has 0 aromatic carbocycles. The Bertz CT molecular complexity index is 212. The fraction of sp³-hybridized carbons (Fsp3) is 0.643. The van der Waals surface area contributed by atoms with Crippen molar-refractivity contribution in [2.75, 3.05) is 0 Å². The van der Waals surface area contributed by atoms with Gasteiger partial charge in [0, 0.05) is 0 Å². The van der Waals surface area contributed by atoms with Gasteiger partial charge in [-0.1, -0.05) is 38.7 Å². The molecule has 0 heterocycles. The first-order valence-electron chi connectivity index (χ1n) is 5.71. The number of rotatable bonds is 0. The van der Waals surface area contributed by atoms with Gasteiger partial charge in [0.05, 0.1) is 0 Å². The molecule has 3 atom stereocenters. The molecule has 2 aliphatic rings. The minimum Gasteiger partial charge on any atom is -0.0882 e. The Kier molecular flexibility index (Phi) is 4.44. The van der Waals surface area contributed by atoms with E-state index in [0.29, 0.717) is 0 Å². The second-order valence-corrected chi connectivity index (χ2v) is 4.56. The third-order valence-electron chi connectivity index (χ3n) is 3.60. The van der Waals surface area contributed by atoms with Crippen molar-refractivity contribution in [2.45, 2.75) is 39.0 Å². The lowest BCUT2D eigenvalue weighted by molar-refractivity contribution is 0.276. The van der Waals surface area contributed by atoms with Crippen LogP contribution < -0.4 is 0 Å². The number of hydrogen-bond donors (Lipinski definition) is 0. The maximum Gasteiger partial charge on any atom is -0.0145 e. The third kappa shape index (κ3) is 2.50. The maximum atomic E-state index is 2.47. The molecule has 0 bridgehead atoms. The van der Waals surface area contributed by atoms with Crippen molar-refractivity contribution in [3.05, 3.63) is 31.7 Å². The molecule has 0 saturated carbocycles. The quantitative estimate of drug-likeness (QED) is 0.500. The molecule has 0 N–H and O–H groups in total.